The normalized spacial score (nSPS) is 18.1. The molecule has 4 aliphatic heterocycles. The molecule has 0 bridgehead atoms. The molecule has 0 atom stereocenters. The molecule has 1 aromatic heterocycles. The van der Waals surface area contributed by atoms with E-state index >= 15 is 0 Å². The van der Waals surface area contributed by atoms with Crippen molar-refractivity contribution >= 4 is 45.5 Å². The zero-order chi connectivity index (χ0) is 18.2. The van der Waals surface area contributed by atoms with Crippen molar-refractivity contribution in [2.45, 2.75) is 12.8 Å². The van der Waals surface area contributed by atoms with Gasteiger partial charge in [0.05, 0.1) is 27.7 Å². The molecule has 0 unspecified atom stereocenters. The molecule has 0 N–H and O–H groups in total. The van der Waals surface area contributed by atoms with Crippen molar-refractivity contribution in [1.82, 2.24) is 0 Å². The molecule has 2 aromatic carbocycles. The van der Waals surface area contributed by atoms with Gasteiger partial charge in [-0.1, -0.05) is 30.4 Å². The van der Waals surface area contributed by atoms with Crippen LogP contribution in [0.3, 0.4) is 0 Å². The fourth-order valence-corrected chi connectivity index (χ4v) is 5.17. The van der Waals surface area contributed by atoms with Crippen molar-refractivity contribution in [3.05, 3.63) is 77.2 Å². The van der Waals surface area contributed by atoms with Gasteiger partial charge in [-0.15, -0.1) is 0 Å². The Bertz CT molecular complexity index is 1330. The highest BCUT2D eigenvalue weighted by molar-refractivity contribution is 6.02. The van der Waals surface area contributed by atoms with Crippen molar-refractivity contribution in [3.63, 3.8) is 0 Å². The minimum atomic E-state index is 0.921. The summed E-state index contributed by atoms with van der Waals surface area (Å²) in [6.45, 7) is 1.86. The summed E-state index contributed by atoms with van der Waals surface area (Å²) in [6, 6.07) is 6.92. The summed E-state index contributed by atoms with van der Waals surface area (Å²) >= 11 is 0. The Kier molecular flexibility index (Phi) is 2.69. The minimum Gasteiger partial charge on any atom is -0.343 e. The maximum absolute atomic E-state index is 6.70. The number of allylic oxidation sites excluding steroid dienone is 2. The van der Waals surface area contributed by atoms with E-state index in [-0.39, 0.29) is 0 Å². The molecule has 7 rings (SSSR count). The lowest BCUT2D eigenvalue weighted by molar-refractivity contribution is 0.654. The maximum Gasteiger partial charge on any atom is 0.370 e. The topological polar surface area (TPSA) is 17.8 Å². The summed E-state index contributed by atoms with van der Waals surface area (Å²) in [5, 5.41) is 2.39. The van der Waals surface area contributed by atoms with E-state index < -0.39 is 0 Å². The second-order valence-corrected chi connectivity index (χ2v) is 7.96. The van der Waals surface area contributed by atoms with Crippen molar-refractivity contribution in [2.75, 3.05) is 22.9 Å². The van der Waals surface area contributed by atoms with Gasteiger partial charge in [0.15, 0.2) is 0 Å². The van der Waals surface area contributed by atoms with Crippen LogP contribution >= 0.6 is 0 Å². The average Bonchev–Trinajstić information content (AvgIpc) is 2.74. The first-order valence-electron chi connectivity index (χ1n) is 9.99. The molecular weight excluding hydrogens is 344 g/mol. The molecule has 3 nitrogen and oxygen atoms in total. The third-order valence-electron chi connectivity index (χ3n) is 6.31. The Labute approximate surface area is 163 Å². The van der Waals surface area contributed by atoms with Gasteiger partial charge in [0.2, 0.25) is 0 Å². The number of nitrogens with zero attached hydrogens (tertiary/aromatic N) is 2. The van der Waals surface area contributed by atoms with Gasteiger partial charge in [0.1, 0.15) is 5.56 Å². The predicted octanol–water partition coefficient (Wildman–Crippen LogP) is 5.67. The van der Waals surface area contributed by atoms with Gasteiger partial charge in [-0.25, -0.2) is 4.42 Å². The Balaban J connectivity index is 1.61. The molecule has 0 saturated heterocycles. The zero-order valence-electron chi connectivity index (χ0n) is 15.5. The van der Waals surface area contributed by atoms with Crippen LogP contribution in [0.15, 0.2) is 59.3 Å². The Morgan fingerprint density at radius 2 is 1.50 bits per heavy atom. The molecule has 0 amide bonds. The third kappa shape index (κ3) is 1.81. The predicted molar refractivity (Wildman–Crippen MR) is 117 cm³/mol. The van der Waals surface area contributed by atoms with E-state index in [9.17, 15) is 0 Å². The molecule has 0 radical (unpaired) electrons. The van der Waals surface area contributed by atoms with Gasteiger partial charge in [-0.3, -0.25) is 0 Å². The van der Waals surface area contributed by atoms with E-state index in [0.717, 1.165) is 37.1 Å². The smallest absolute Gasteiger partial charge is 0.343 e. The standard InChI is InChI=1S/C25H19N2O/c1-5-16-13-18-15-19-14-17-6-2-10-27-12-4-8-21(23(17)27)25(19)28-24(18)20-7-3-11-26(9-1)22(16)20/h1-5,8,10-11,13-15H,6-7,9,12H2/q+1. The highest BCUT2D eigenvalue weighted by atomic mass is 16.3. The monoisotopic (exact) mass is 363 g/mol. The molecule has 0 saturated carbocycles. The lowest BCUT2D eigenvalue weighted by Gasteiger charge is -2.29. The lowest BCUT2D eigenvalue weighted by atomic mass is 9.92. The van der Waals surface area contributed by atoms with Crippen LogP contribution in [0.25, 0.3) is 34.1 Å². The van der Waals surface area contributed by atoms with E-state index in [1.807, 2.05) is 0 Å². The summed E-state index contributed by atoms with van der Waals surface area (Å²) in [5.41, 5.74) is 9.87. The van der Waals surface area contributed by atoms with Crippen LogP contribution in [0.1, 0.15) is 22.3 Å². The number of anilines is 2. The first kappa shape index (κ1) is 14.7. The number of hydrogen-bond donors (Lipinski definition) is 0. The van der Waals surface area contributed by atoms with Gasteiger partial charge in [-0.05, 0) is 41.8 Å². The van der Waals surface area contributed by atoms with Crippen molar-refractivity contribution in [3.8, 4) is 0 Å². The Morgan fingerprint density at radius 1 is 0.714 bits per heavy atom. The van der Waals surface area contributed by atoms with Crippen LogP contribution < -0.4 is 9.80 Å². The van der Waals surface area contributed by atoms with Crippen LogP contribution in [0.4, 0.5) is 11.4 Å². The first-order chi connectivity index (χ1) is 13.9. The second kappa shape index (κ2) is 5.14. The van der Waals surface area contributed by atoms with E-state index in [0.29, 0.717) is 0 Å². The Hall–Kier alpha value is -3.33. The number of benzene rings is 2. The zero-order valence-corrected chi connectivity index (χ0v) is 15.5. The molecule has 3 heteroatoms. The summed E-state index contributed by atoms with van der Waals surface area (Å²) in [4.78, 5) is 4.66. The third-order valence-corrected chi connectivity index (χ3v) is 6.31. The fraction of sp³-hybridized carbons (Fsp3) is 0.160. The molecule has 4 aliphatic rings. The van der Waals surface area contributed by atoms with Gasteiger partial charge >= 0.3 is 11.2 Å². The largest absolute Gasteiger partial charge is 0.370 e. The highest BCUT2D eigenvalue weighted by Gasteiger charge is 2.31. The van der Waals surface area contributed by atoms with Gasteiger partial charge in [0, 0.05) is 31.9 Å². The second-order valence-electron chi connectivity index (χ2n) is 7.96. The van der Waals surface area contributed by atoms with E-state index in [4.69, 9.17) is 4.42 Å². The lowest BCUT2D eigenvalue weighted by Crippen LogP contribution is -2.24. The minimum absolute atomic E-state index is 0.921. The molecule has 3 aromatic rings. The van der Waals surface area contributed by atoms with E-state index in [2.05, 4.69) is 76.9 Å². The van der Waals surface area contributed by atoms with Gasteiger partial charge in [0.25, 0.3) is 0 Å². The average molecular weight is 363 g/mol. The van der Waals surface area contributed by atoms with Crippen LogP contribution in [0.5, 0.6) is 0 Å². The maximum atomic E-state index is 6.70. The van der Waals surface area contributed by atoms with Crippen LogP contribution in [0.2, 0.25) is 0 Å². The van der Waals surface area contributed by atoms with Crippen LogP contribution in [-0.2, 0) is 12.8 Å². The van der Waals surface area contributed by atoms with Crippen molar-refractivity contribution < 1.29 is 4.42 Å². The summed E-state index contributed by atoms with van der Waals surface area (Å²) < 4.78 is 6.70. The first-order valence-corrected chi connectivity index (χ1v) is 9.99. The molecule has 0 fully saturated rings. The van der Waals surface area contributed by atoms with Crippen molar-refractivity contribution in [2.24, 2.45) is 0 Å². The Morgan fingerprint density at radius 3 is 2.43 bits per heavy atom. The number of fused-ring (bicyclic) bond motifs is 4. The SMILES string of the molecule is C1=CN2CC=Cc3c2c(cc2cc4cc5c6c(c4[o+]c32)CC=CN6CC=C5)C1. The molecule has 5 heterocycles. The fourth-order valence-electron chi connectivity index (χ4n) is 5.17. The van der Waals surface area contributed by atoms with E-state index in [1.54, 1.807) is 0 Å². The van der Waals surface area contributed by atoms with Crippen molar-refractivity contribution in [1.29, 1.82) is 0 Å². The molecular formula is C25H19N2O+. The van der Waals surface area contributed by atoms with Gasteiger partial charge < -0.3 is 9.80 Å². The summed E-state index contributed by atoms with van der Waals surface area (Å²) in [6.07, 6.45) is 19.8. The number of rotatable bonds is 0. The van der Waals surface area contributed by atoms with E-state index in [1.165, 1.54) is 44.4 Å². The quantitative estimate of drug-likeness (QED) is 0.378. The number of hydrogen-bond acceptors (Lipinski definition) is 2. The highest BCUT2D eigenvalue weighted by Crippen LogP contribution is 2.43. The molecule has 0 spiro atoms. The summed E-state index contributed by atoms with van der Waals surface area (Å²) in [7, 11) is 0. The van der Waals surface area contributed by atoms with Gasteiger partial charge in [-0.2, -0.15) is 0 Å². The molecule has 0 aliphatic carbocycles. The summed E-state index contributed by atoms with van der Waals surface area (Å²) in [5.74, 6) is 0. The molecule has 134 valence electrons. The molecule has 28 heavy (non-hydrogen) atoms. The van der Waals surface area contributed by atoms with Crippen LogP contribution in [0, 0.1) is 0 Å². The van der Waals surface area contributed by atoms with Crippen LogP contribution in [-0.4, -0.2) is 13.1 Å².